The molecule has 0 atom stereocenters. The van der Waals surface area contributed by atoms with E-state index in [1.807, 2.05) is 20.2 Å². The van der Waals surface area contributed by atoms with Gasteiger partial charge in [-0.15, -0.1) is 0 Å². The number of anilines is 2. The molecule has 0 saturated heterocycles. The molecule has 5 aromatic rings. The molecule has 0 spiro atoms. The van der Waals surface area contributed by atoms with Gasteiger partial charge in [0.1, 0.15) is 5.82 Å². The number of nitrogens with one attached hydrogen (secondary N) is 2. The Morgan fingerprint density at radius 2 is 1.88 bits per heavy atom. The number of fused-ring (bicyclic) bond motifs is 1. The number of amides is 1. The van der Waals surface area contributed by atoms with Crippen LogP contribution in [0.1, 0.15) is 10.6 Å². The molecule has 1 amide bonds. The SMILES string of the molecule is CN(C)c1ccc(-c2cnc3nc(-c4cc(NC(=O)c5ccco5)ccc4Cl)[nH]c3c2)cc1. The van der Waals surface area contributed by atoms with Gasteiger partial charge in [0, 0.05) is 42.8 Å². The quantitative estimate of drug-likeness (QED) is 0.345. The summed E-state index contributed by atoms with van der Waals surface area (Å²) in [6.07, 6.45) is 3.26. The Kier molecular flexibility index (Phi) is 5.32. The summed E-state index contributed by atoms with van der Waals surface area (Å²) >= 11 is 6.45. The summed E-state index contributed by atoms with van der Waals surface area (Å²) in [6, 6.07) is 18.8. The van der Waals surface area contributed by atoms with Gasteiger partial charge in [-0.05, 0) is 54.1 Å². The van der Waals surface area contributed by atoms with Gasteiger partial charge in [0.25, 0.3) is 5.91 Å². The van der Waals surface area contributed by atoms with Crippen molar-refractivity contribution in [2.75, 3.05) is 24.3 Å². The van der Waals surface area contributed by atoms with E-state index in [9.17, 15) is 4.79 Å². The molecule has 7 nitrogen and oxygen atoms in total. The number of nitrogens with zero attached hydrogens (tertiary/aromatic N) is 3. The molecule has 5 rings (SSSR count). The number of imidazole rings is 1. The summed E-state index contributed by atoms with van der Waals surface area (Å²) in [5, 5.41) is 3.31. The molecule has 0 unspecified atom stereocenters. The Labute approximate surface area is 195 Å². The summed E-state index contributed by atoms with van der Waals surface area (Å²) in [4.78, 5) is 26.8. The van der Waals surface area contributed by atoms with E-state index in [2.05, 4.69) is 49.4 Å². The van der Waals surface area contributed by atoms with Crippen molar-refractivity contribution in [2.45, 2.75) is 0 Å². The Morgan fingerprint density at radius 3 is 2.61 bits per heavy atom. The van der Waals surface area contributed by atoms with Crippen molar-refractivity contribution in [1.29, 1.82) is 0 Å². The topological polar surface area (TPSA) is 87.1 Å². The monoisotopic (exact) mass is 457 g/mol. The standard InChI is InChI=1S/C25H20ClN5O2/c1-31(2)18-8-5-15(6-9-18)16-12-21-24(27-14-16)30-23(29-21)19-13-17(7-10-20(19)26)28-25(32)22-4-3-11-33-22/h3-14H,1-2H3,(H,28,32)(H,27,29,30). The fourth-order valence-corrected chi connectivity index (χ4v) is 3.73. The number of halogens is 1. The van der Waals surface area contributed by atoms with Crippen LogP contribution in [0, 0.1) is 0 Å². The number of aromatic nitrogens is 3. The van der Waals surface area contributed by atoms with Crippen LogP contribution in [-0.4, -0.2) is 35.0 Å². The molecule has 2 aromatic carbocycles. The van der Waals surface area contributed by atoms with E-state index in [1.54, 1.807) is 36.5 Å². The van der Waals surface area contributed by atoms with Crippen LogP contribution < -0.4 is 10.2 Å². The molecule has 164 valence electrons. The van der Waals surface area contributed by atoms with E-state index in [1.165, 1.54) is 6.26 Å². The van der Waals surface area contributed by atoms with Crippen molar-refractivity contribution in [3.8, 4) is 22.5 Å². The zero-order valence-electron chi connectivity index (χ0n) is 18.0. The van der Waals surface area contributed by atoms with E-state index in [4.69, 9.17) is 16.0 Å². The third-order valence-corrected chi connectivity index (χ3v) is 5.61. The van der Waals surface area contributed by atoms with Crippen molar-refractivity contribution >= 4 is 40.0 Å². The average molecular weight is 458 g/mol. The van der Waals surface area contributed by atoms with E-state index >= 15 is 0 Å². The maximum Gasteiger partial charge on any atom is 0.291 e. The van der Waals surface area contributed by atoms with Gasteiger partial charge < -0.3 is 19.6 Å². The minimum atomic E-state index is -0.343. The van der Waals surface area contributed by atoms with Gasteiger partial charge in [-0.1, -0.05) is 23.7 Å². The highest BCUT2D eigenvalue weighted by atomic mass is 35.5. The van der Waals surface area contributed by atoms with Gasteiger partial charge in [-0.2, -0.15) is 0 Å². The van der Waals surface area contributed by atoms with Gasteiger partial charge >= 0.3 is 0 Å². The Bertz CT molecular complexity index is 1440. The molecule has 0 aliphatic heterocycles. The Hall–Kier alpha value is -4.10. The molecule has 3 aromatic heterocycles. The Morgan fingerprint density at radius 1 is 1.06 bits per heavy atom. The molecule has 8 heteroatoms. The summed E-state index contributed by atoms with van der Waals surface area (Å²) in [5.41, 5.74) is 5.78. The first-order valence-corrected chi connectivity index (χ1v) is 10.6. The average Bonchev–Trinajstić information content (AvgIpc) is 3.50. The summed E-state index contributed by atoms with van der Waals surface area (Å²) in [7, 11) is 4.02. The zero-order chi connectivity index (χ0) is 22.9. The van der Waals surface area contributed by atoms with Crippen molar-refractivity contribution in [3.63, 3.8) is 0 Å². The van der Waals surface area contributed by atoms with Crippen molar-refractivity contribution in [2.24, 2.45) is 0 Å². The van der Waals surface area contributed by atoms with Gasteiger partial charge in [-0.3, -0.25) is 4.79 Å². The number of furan rings is 1. The second-order valence-corrected chi connectivity index (χ2v) is 8.16. The molecule has 33 heavy (non-hydrogen) atoms. The minimum Gasteiger partial charge on any atom is -0.459 e. The van der Waals surface area contributed by atoms with Crippen LogP contribution in [-0.2, 0) is 0 Å². The number of H-pyrrole nitrogens is 1. The lowest BCUT2D eigenvalue weighted by Crippen LogP contribution is -2.10. The molecule has 0 bridgehead atoms. The number of aromatic amines is 1. The summed E-state index contributed by atoms with van der Waals surface area (Å²) in [6.45, 7) is 0. The van der Waals surface area contributed by atoms with Crippen molar-refractivity contribution in [1.82, 2.24) is 15.0 Å². The van der Waals surface area contributed by atoms with Crippen LogP contribution in [0.15, 0.2) is 77.5 Å². The number of hydrogen-bond acceptors (Lipinski definition) is 5. The maximum atomic E-state index is 12.3. The molecule has 3 heterocycles. The lowest BCUT2D eigenvalue weighted by atomic mass is 10.1. The fraction of sp³-hybridized carbons (Fsp3) is 0.0800. The lowest BCUT2D eigenvalue weighted by Gasteiger charge is -2.12. The zero-order valence-corrected chi connectivity index (χ0v) is 18.7. The molecule has 0 aliphatic rings. The van der Waals surface area contributed by atoms with Crippen molar-refractivity contribution in [3.05, 3.63) is 83.9 Å². The van der Waals surface area contributed by atoms with E-state index < -0.39 is 0 Å². The predicted molar refractivity (Wildman–Crippen MR) is 131 cm³/mol. The summed E-state index contributed by atoms with van der Waals surface area (Å²) < 4.78 is 5.14. The van der Waals surface area contributed by atoms with Crippen LogP contribution in [0.5, 0.6) is 0 Å². The Balaban J connectivity index is 1.45. The molecule has 0 radical (unpaired) electrons. The van der Waals surface area contributed by atoms with E-state index in [-0.39, 0.29) is 11.7 Å². The second-order valence-electron chi connectivity index (χ2n) is 7.75. The highest BCUT2D eigenvalue weighted by molar-refractivity contribution is 6.33. The lowest BCUT2D eigenvalue weighted by molar-refractivity contribution is 0.0996. The van der Waals surface area contributed by atoms with Crippen LogP contribution in [0.3, 0.4) is 0 Å². The number of rotatable bonds is 5. The normalized spacial score (nSPS) is 11.0. The van der Waals surface area contributed by atoms with Crippen LogP contribution >= 0.6 is 11.6 Å². The largest absolute Gasteiger partial charge is 0.459 e. The van der Waals surface area contributed by atoms with Crippen LogP contribution in [0.25, 0.3) is 33.7 Å². The molecule has 0 saturated carbocycles. The third kappa shape index (κ3) is 4.18. The number of pyridine rings is 1. The first-order chi connectivity index (χ1) is 16.0. The van der Waals surface area contributed by atoms with Gasteiger partial charge in [0.15, 0.2) is 11.4 Å². The first kappa shape index (κ1) is 20.8. The van der Waals surface area contributed by atoms with Gasteiger partial charge in [0.05, 0.1) is 16.8 Å². The minimum absolute atomic E-state index is 0.227. The van der Waals surface area contributed by atoms with Crippen molar-refractivity contribution < 1.29 is 9.21 Å². The second kappa shape index (κ2) is 8.44. The molecule has 0 fully saturated rings. The fourth-order valence-electron chi connectivity index (χ4n) is 3.52. The first-order valence-electron chi connectivity index (χ1n) is 10.3. The maximum absolute atomic E-state index is 12.3. The highest BCUT2D eigenvalue weighted by Crippen LogP contribution is 2.31. The predicted octanol–water partition coefficient (Wildman–Crippen LogP) is 5.86. The number of carbonyl (C=O) groups is 1. The number of hydrogen-bond donors (Lipinski definition) is 2. The number of benzene rings is 2. The van der Waals surface area contributed by atoms with Crippen LogP contribution in [0.2, 0.25) is 5.02 Å². The third-order valence-electron chi connectivity index (χ3n) is 5.28. The number of carbonyl (C=O) groups excluding carboxylic acids is 1. The molecular formula is C25H20ClN5O2. The van der Waals surface area contributed by atoms with E-state index in [0.717, 1.165) is 22.3 Å². The highest BCUT2D eigenvalue weighted by Gasteiger charge is 2.14. The smallest absolute Gasteiger partial charge is 0.291 e. The molecule has 2 N–H and O–H groups in total. The van der Waals surface area contributed by atoms with E-state index in [0.29, 0.717) is 27.7 Å². The van der Waals surface area contributed by atoms with Gasteiger partial charge in [0.2, 0.25) is 0 Å². The van der Waals surface area contributed by atoms with Gasteiger partial charge in [-0.25, -0.2) is 9.97 Å². The molecular weight excluding hydrogens is 438 g/mol. The summed E-state index contributed by atoms with van der Waals surface area (Å²) in [5.74, 6) is 0.451. The van der Waals surface area contributed by atoms with Crippen LogP contribution in [0.4, 0.5) is 11.4 Å². The molecule has 0 aliphatic carbocycles.